The molecule has 7 heteroatoms. The van der Waals surface area contributed by atoms with Gasteiger partial charge in [0.05, 0.1) is 16.4 Å². The Morgan fingerprint density at radius 1 is 1.26 bits per heavy atom. The van der Waals surface area contributed by atoms with Crippen molar-refractivity contribution in [2.75, 3.05) is 11.1 Å². The van der Waals surface area contributed by atoms with E-state index in [-0.39, 0.29) is 23.2 Å². The monoisotopic (exact) mass is 334 g/mol. The van der Waals surface area contributed by atoms with Gasteiger partial charge < -0.3 is 5.32 Å². The van der Waals surface area contributed by atoms with Crippen LogP contribution >= 0.6 is 11.8 Å². The lowest BCUT2D eigenvalue weighted by Gasteiger charge is -2.08. The summed E-state index contributed by atoms with van der Waals surface area (Å²) in [7, 11) is 0. The van der Waals surface area contributed by atoms with Gasteiger partial charge in [0, 0.05) is 17.9 Å². The Hall–Kier alpha value is -2.41. The average molecular weight is 334 g/mol. The highest BCUT2D eigenvalue weighted by Gasteiger charge is 2.11. The summed E-state index contributed by atoms with van der Waals surface area (Å²) < 4.78 is 12.8. The molecule has 0 unspecified atom stereocenters. The zero-order valence-electron chi connectivity index (χ0n) is 12.4. The van der Waals surface area contributed by atoms with Gasteiger partial charge in [-0.3, -0.25) is 14.9 Å². The number of thioether (sulfide) groups is 1. The minimum Gasteiger partial charge on any atom is -0.325 e. The normalized spacial score (nSPS) is 10.3. The molecule has 0 fully saturated rings. The van der Waals surface area contributed by atoms with Gasteiger partial charge in [-0.1, -0.05) is 18.2 Å². The van der Waals surface area contributed by atoms with E-state index in [0.29, 0.717) is 11.4 Å². The Kier molecular flexibility index (Phi) is 5.70. The van der Waals surface area contributed by atoms with Crippen molar-refractivity contribution in [3.05, 3.63) is 69.5 Å². The molecular formula is C16H15FN2O3S. The van der Waals surface area contributed by atoms with Gasteiger partial charge in [-0.2, -0.15) is 0 Å². The van der Waals surface area contributed by atoms with E-state index in [1.165, 1.54) is 36.0 Å². The number of rotatable bonds is 6. The van der Waals surface area contributed by atoms with Crippen LogP contribution in [-0.2, 0) is 10.5 Å². The molecule has 1 amide bonds. The van der Waals surface area contributed by atoms with Crippen LogP contribution in [0.5, 0.6) is 0 Å². The van der Waals surface area contributed by atoms with E-state index in [1.807, 2.05) is 0 Å². The molecule has 23 heavy (non-hydrogen) atoms. The highest BCUT2D eigenvalue weighted by molar-refractivity contribution is 7.99. The van der Waals surface area contributed by atoms with Crippen molar-refractivity contribution < 1.29 is 14.1 Å². The average Bonchev–Trinajstić information content (AvgIpc) is 2.51. The predicted octanol–water partition coefficient (Wildman–Crippen LogP) is 3.91. The number of nitrogens with zero attached hydrogens (tertiary/aromatic N) is 1. The lowest BCUT2D eigenvalue weighted by Crippen LogP contribution is -2.15. The van der Waals surface area contributed by atoms with Crippen LogP contribution in [0.1, 0.15) is 11.1 Å². The fourth-order valence-corrected chi connectivity index (χ4v) is 2.67. The highest BCUT2D eigenvalue weighted by Crippen LogP contribution is 2.22. The highest BCUT2D eigenvalue weighted by atomic mass is 32.2. The lowest BCUT2D eigenvalue weighted by molar-refractivity contribution is -0.384. The number of anilines is 1. The van der Waals surface area contributed by atoms with Crippen molar-refractivity contribution in [1.29, 1.82) is 0 Å². The third kappa shape index (κ3) is 5.07. The van der Waals surface area contributed by atoms with Crippen LogP contribution in [0, 0.1) is 22.9 Å². The Morgan fingerprint density at radius 2 is 1.96 bits per heavy atom. The molecule has 0 aromatic heterocycles. The smallest absolute Gasteiger partial charge is 0.271 e. The maximum atomic E-state index is 12.8. The number of amides is 1. The van der Waals surface area contributed by atoms with E-state index >= 15 is 0 Å². The second kappa shape index (κ2) is 7.73. The molecular weight excluding hydrogens is 319 g/mol. The summed E-state index contributed by atoms with van der Waals surface area (Å²) in [6.07, 6.45) is 0. The number of nitro benzene ring substituents is 1. The maximum Gasteiger partial charge on any atom is 0.271 e. The zero-order valence-corrected chi connectivity index (χ0v) is 13.2. The van der Waals surface area contributed by atoms with Gasteiger partial charge in [-0.05, 0) is 30.2 Å². The molecule has 0 aliphatic rings. The summed E-state index contributed by atoms with van der Waals surface area (Å²) in [6, 6.07) is 10.4. The fourth-order valence-electron chi connectivity index (χ4n) is 1.89. The number of aryl methyl sites for hydroxylation is 1. The summed E-state index contributed by atoms with van der Waals surface area (Å²) in [4.78, 5) is 22.2. The van der Waals surface area contributed by atoms with Gasteiger partial charge >= 0.3 is 0 Å². The Labute approximate surface area is 137 Å². The van der Waals surface area contributed by atoms with Crippen LogP contribution in [0.4, 0.5) is 15.8 Å². The second-order valence-electron chi connectivity index (χ2n) is 4.92. The third-order valence-corrected chi connectivity index (χ3v) is 4.12. The zero-order chi connectivity index (χ0) is 16.8. The van der Waals surface area contributed by atoms with Gasteiger partial charge in [0.15, 0.2) is 0 Å². The molecule has 0 atom stereocenters. The van der Waals surface area contributed by atoms with Gasteiger partial charge in [0.25, 0.3) is 5.69 Å². The summed E-state index contributed by atoms with van der Waals surface area (Å²) >= 11 is 1.39. The first-order valence-electron chi connectivity index (χ1n) is 6.83. The molecule has 0 bridgehead atoms. The predicted molar refractivity (Wildman–Crippen MR) is 89.0 cm³/mol. The van der Waals surface area contributed by atoms with Crippen LogP contribution in [0.25, 0.3) is 0 Å². The van der Waals surface area contributed by atoms with Crippen molar-refractivity contribution in [1.82, 2.24) is 0 Å². The second-order valence-corrected chi connectivity index (χ2v) is 5.91. The van der Waals surface area contributed by atoms with E-state index in [1.54, 1.807) is 25.1 Å². The first-order valence-corrected chi connectivity index (χ1v) is 7.98. The number of carbonyl (C=O) groups is 1. The van der Waals surface area contributed by atoms with Crippen molar-refractivity contribution in [3.63, 3.8) is 0 Å². The minimum absolute atomic E-state index is 0.0649. The number of hydrogen-bond donors (Lipinski definition) is 1. The van der Waals surface area contributed by atoms with Gasteiger partial charge in [0.1, 0.15) is 5.82 Å². The molecule has 0 saturated carbocycles. The molecule has 5 nitrogen and oxygen atoms in total. The number of carbonyl (C=O) groups excluding carboxylic acids is 1. The molecule has 0 aliphatic heterocycles. The molecule has 0 radical (unpaired) electrons. The minimum atomic E-state index is -0.502. The number of halogens is 1. The van der Waals surface area contributed by atoms with Crippen molar-refractivity contribution in [3.8, 4) is 0 Å². The Morgan fingerprint density at radius 3 is 2.61 bits per heavy atom. The first kappa shape index (κ1) is 17.0. The third-order valence-electron chi connectivity index (χ3n) is 3.12. The van der Waals surface area contributed by atoms with Crippen molar-refractivity contribution in [2.45, 2.75) is 12.7 Å². The Bertz CT molecular complexity index is 720. The van der Waals surface area contributed by atoms with Crippen molar-refractivity contribution in [2.24, 2.45) is 0 Å². The molecule has 120 valence electrons. The fraction of sp³-hybridized carbons (Fsp3) is 0.188. The van der Waals surface area contributed by atoms with E-state index in [0.717, 1.165) is 11.1 Å². The van der Waals surface area contributed by atoms with Gasteiger partial charge in [-0.25, -0.2) is 4.39 Å². The lowest BCUT2D eigenvalue weighted by atomic mass is 10.2. The largest absolute Gasteiger partial charge is 0.325 e. The van der Waals surface area contributed by atoms with Crippen LogP contribution in [0.3, 0.4) is 0 Å². The molecule has 0 aliphatic carbocycles. The summed E-state index contributed by atoms with van der Waals surface area (Å²) in [5.74, 6) is 0.263. The van der Waals surface area contributed by atoms with E-state index < -0.39 is 4.92 Å². The Balaban J connectivity index is 1.88. The van der Waals surface area contributed by atoms with Gasteiger partial charge in [0.2, 0.25) is 5.91 Å². The molecule has 2 aromatic carbocycles. The number of non-ortho nitro benzene ring substituents is 1. The quantitative estimate of drug-likeness (QED) is 0.642. The number of hydrogen-bond acceptors (Lipinski definition) is 4. The topological polar surface area (TPSA) is 72.2 Å². The number of nitro groups is 1. The van der Waals surface area contributed by atoms with Gasteiger partial charge in [-0.15, -0.1) is 11.8 Å². The standard InChI is InChI=1S/C16H15FN2O3S/c1-11-2-7-14(19(21)22)8-15(11)18-16(20)10-23-9-12-3-5-13(17)6-4-12/h2-8H,9-10H2,1H3,(H,18,20). The SMILES string of the molecule is Cc1ccc([N+](=O)[O-])cc1NC(=O)CSCc1ccc(F)cc1. The molecule has 0 spiro atoms. The number of benzene rings is 2. The summed E-state index contributed by atoms with van der Waals surface area (Å²) in [5.41, 5.74) is 2.06. The van der Waals surface area contributed by atoms with E-state index in [2.05, 4.69) is 5.32 Å². The summed E-state index contributed by atoms with van der Waals surface area (Å²) in [5, 5.41) is 13.4. The molecule has 0 saturated heterocycles. The molecule has 1 N–H and O–H groups in total. The van der Waals surface area contributed by atoms with E-state index in [4.69, 9.17) is 0 Å². The van der Waals surface area contributed by atoms with Crippen LogP contribution < -0.4 is 5.32 Å². The first-order chi connectivity index (χ1) is 11.0. The summed E-state index contributed by atoms with van der Waals surface area (Å²) in [6.45, 7) is 1.77. The van der Waals surface area contributed by atoms with Crippen molar-refractivity contribution >= 4 is 29.0 Å². The maximum absolute atomic E-state index is 12.8. The van der Waals surface area contributed by atoms with Crippen LogP contribution in [0.2, 0.25) is 0 Å². The number of nitrogens with one attached hydrogen (secondary N) is 1. The molecule has 0 heterocycles. The molecule has 2 rings (SSSR count). The van der Waals surface area contributed by atoms with Crippen LogP contribution in [-0.4, -0.2) is 16.6 Å². The van der Waals surface area contributed by atoms with Crippen LogP contribution in [0.15, 0.2) is 42.5 Å². The molecule has 2 aromatic rings. The van der Waals surface area contributed by atoms with E-state index in [9.17, 15) is 19.3 Å².